The maximum atomic E-state index is 10.7. The predicted octanol–water partition coefficient (Wildman–Crippen LogP) is 2.24. The number of nitro groups is 1. The molecule has 0 spiro atoms. The molecule has 108 valence electrons. The van der Waals surface area contributed by atoms with Gasteiger partial charge in [-0.15, -0.1) is 0 Å². The summed E-state index contributed by atoms with van der Waals surface area (Å²) in [6.45, 7) is 4.27. The second-order valence-corrected chi connectivity index (χ2v) is 5.21. The molecular weight excluding hydrogens is 280 g/mol. The van der Waals surface area contributed by atoms with Crippen LogP contribution in [0.1, 0.15) is 18.9 Å². The average molecular weight is 297 g/mol. The molecule has 1 aliphatic heterocycles. The molecule has 1 aliphatic rings. The highest BCUT2D eigenvalue weighted by atomic mass is 35.5. The maximum Gasteiger partial charge on any atom is 0.274 e. The predicted molar refractivity (Wildman–Crippen MR) is 76.5 cm³/mol. The zero-order valence-corrected chi connectivity index (χ0v) is 12.0. The fraction of sp³-hybridized carbons (Fsp3) is 0.462. The van der Waals surface area contributed by atoms with Crippen LogP contribution in [0.15, 0.2) is 30.4 Å². The molecule has 1 saturated heterocycles. The lowest BCUT2D eigenvalue weighted by Gasteiger charge is -2.35. The Morgan fingerprint density at radius 1 is 1.65 bits per heavy atom. The van der Waals surface area contributed by atoms with E-state index in [-0.39, 0.29) is 0 Å². The maximum absolute atomic E-state index is 10.7. The van der Waals surface area contributed by atoms with Gasteiger partial charge in [0.1, 0.15) is 5.15 Å². The van der Waals surface area contributed by atoms with E-state index in [0.717, 1.165) is 31.3 Å². The topological polar surface area (TPSA) is 71.3 Å². The molecule has 1 aromatic heterocycles. The molecule has 1 aromatic rings. The molecule has 6 nitrogen and oxygen atoms in total. The monoisotopic (exact) mass is 296 g/mol. The van der Waals surface area contributed by atoms with Gasteiger partial charge in [0, 0.05) is 25.8 Å². The van der Waals surface area contributed by atoms with Gasteiger partial charge in [0.15, 0.2) is 5.82 Å². The van der Waals surface area contributed by atoms with Crippen molar-refractivity contribution in [3.05, 3.63) is 51.2 Å². The van der Waals surface area contributed by atoms with Gasteiger partial charge in [-0.1, -0.05) is 24.6 Å². The first-order valence-electron chi connectivity index (χ1n) is 6.53. The van der Waals surface area contributed by atoms with Crippen LogP contribution in [0.4, 0.5) is 0 Å². The number of hydrogen-bond donors (Lipinski definition) is 1. The molecule has 7 heteroatoms. The molecule has 2 rings (SSSR count). The van der Waals surface area contributed by atoms with Crippen molar-refractivity contribution in [3.63, 3.8) is 0 Å². The van der Waals surface area contributed by atoms with E-state index < -0.39 is 4.92 Å². The minimum atomic E-state index is -0.429. The van der Waals surface area contributed by atoms with Crippen molar-refractivity contribution in [2.24, 2.45) is 5.92 Å². The zero-order chi connectivity index (χ0) is 14.5. The van der Waals surface area contributed by atoms with Crippen LogP contribution in [-0.4, -0.2) is 27.9 Å². The van der Waals surface area contributed by atoms with Crippen molar-refractivity contribution in [1.82, 2.24) is 15.2 Å². The Kier molecular flexibility index (Phi) is 4.79. The summed E-state index contributed by atoms with van der Waals surface area (Å²) in [7, 11) is 0. The number of aromatic nitrogens is 1. The summed E-state index contributed by atoms with van der Waals surface area (Å²) in [4.78, 5) is 16.3. The summed E-state index contributed by atoms with van der Waals surface area (Å²) in [6.07, 6.45) is 3.75. The van der Waals surface area contributed by atoms with Crippen molar-refractivity contribution in [2.45, 2.75) is 19.9 Å². The quantitative estimate of drug-likeness (QED) is 0.524. The van der Waals surface area contributed by atoms with Crippen LogP contribution in [-0.2, 0) is 6.54 Å². The lowest BCUT2D eigenvalue weighted by Crippen LogP contribution is -2.44. The first-order valence-corrected chi connectivity index (χ1v) is 6.91. The van der Waals surface area contributed by atoms with E-state index in [1.54, 1.807) is 12.3 Å². The molecule has 1 N–H and O–H groups in total. The number of nitrogens with one attached hydrogen (secondary N) is 1. The summed E-state index contributed by atoms with van der Waals surface area (Å²) < 4.78 is 0. The number of halogens is 1. The van der Waals surface area contributed by atoms with Gasteiger partial charge in [-0.05, 0) is 24.0 Å². The first kappa shape index (κ1) is 14.6. The smallest absolute Gasteiger partial charge is 0.274 e. The molecule has 0 aliphatic carbocycles. The number of nitrogens with zero attached hydrogens (tertiary/aromatic N) is 3. The molecule has 2 heterocycles. The van der Waals surface area contributed by atoms with E-state index in [1.165, 1.54) is 0 Å². The number of pyridine rings is 1. The van der Waals surface area contributed by atoms with Gasteiger partial charge in [-0.25, -0.2) is 4.98 Å². The van der Waals surface area contributed by atoms with E-state index in [2.05, 4.69) is 17.2 Å². The standard InChI is InChI=1S/C13H17ClN4O2/c1-2-10-5-16-13(9-18(19)20)17(7-10)8-11-3-4-12(14)15-6-11/h3-4,6,9-10,16H,2,5,7-8H2,1H3/b13-9-. The van der Waals surface area contributed by atoms with Crippen LogP contribution in [0.2, 0.25) is 5.15 Å². The van der Waals surface area contributed by atoms with Gasteiger partial charge < -0.3 is 10.2 Å². The molecule has 0 aromatic carbocycles. The summed E-state index contributed by atoms with van der Waals surface area (Å²) in [5, 5.41) is 14.3. The zero-order valence-electron chi connectivity index (χ0n) is 11.3. The van der Waals surface area contributed by atoms with Crippen LogP contribution in [0, 0.1) is 16.0 Å². The summed E-state index contributed by atoms with van der Waals surface area (Å²) in [5.41, 5.74) is 0.974. The summed E-state index contributed by atoms with van der Waals surface area (Å²) in [5.74, 6) is 1.04. The Labute approximate surface area is 122 Å². The van der Waals surface area contributed by atoms with E-state index in [9.17, 15) is 10.1 Å². The minimum Gasteiger partial charge on any atom is -0.366 e. The summed E-state index contributed by atoms with van der Waals surface area (Å²) in [6, 6.07) is 3.61. The average Bonchev–Trinajstić information content (AvgIpc) is 2.42. The highest BCUT2D eigenvalue weighted by Crippen LogP contribution is 2.18. The lowest BCUT2D eigenvalue weighted by molar-refractivity contribution is -0.405. The molecule has 1 fully saturated rings. The molecule has 1 atom stereocenters. The Balaban J connectivity index is 2.14. The second-order valence-electron chi connectivity index (χ2n) is 4.82. The van der Waals surface area contributed by atoms with Crippen LogP contribution in [0.5, 0.6) is 0 Å². The van der Waals surface area contributed by atoms with Crippen LogP contribution < -0.4 is 5.32 Å². The molecule has 20 heavy (non-hydrogen) atoms. The Hall–Kier alpha value is -1.82. The van der Waals surface area contributed by atoms with E-state index in [4.69, 9.17) is 11.6 Å². The molecule has 0 bridgehead atoms. The fourth-order valence-electron chi connectivity index (χ4n) is 2.21. The second kappa shape index (κ2) is 6.56. The highest BCUT2D eigenvalue weighted by molar-refractivity contribution is 6.29. The third-order valence-electron chi connectivity index (χ3n) is 3.36. The van der Waals surface area contributed by atoms with Crippen molar-refractivity contribution in [2.75, 3.05) is 13.1 Å². The molecular formula is C13H17ClN4O2. The molecule has 0 saturated carbocycles. The Bertz CT molecular complexity index is 504. The third-order valence-corrected chi connectivity index (χ3v) is 3.58. The van der Waals surface area contributed by atoms with Crippen molar-refractivity contribution in [3.8, 4) is 0 Å². The fourth-order valence-corrected chi connectivity index (χ4v) is 2.32. The Morgan fingerprint density at radius 2 is 2.45 bits per heavy atom. The first-order chi connectivity index (χ1) is 9.58. The molecule has 1 unspecified atom stereocenters. The van der Waals surface area contributed by atoms with Crippen LogP contribution >= 0.6 is 11.6 Å². The summed E-state index contributed by atoms with van der Waals surface area (Å²) >= 11 is 5.76. The molecule has 0 amide bonds. The van der Waals surface area contributed by atoms with Gasteiger partial charge in [0.25, 0.3) is 6.20 Å². The molecule has 0 radical (unpaired) electrons. The van der Waals surface area contributed by atoms with Crippen LogP contribution in [0.25, 0.3) is 0 Å². The van der Waals surface area contributed by atoms with E-state index in [1.807, 2.05) is 11.0 Å². The number of rotatable bonds is 4. The van der Waals surface area contributed by atoms with Gasteiger partial charge in [-0.3, -0.25) is 10.1 Å². The largest absolute Gasteiger partial charge is 0.366 e. The lowest BCUT2D eigenvalue weighted by atomic mass is 10.0. The van der Waals surface area contributed by atoms with Gasteiger partial charge in [0.2, 0.25) is 0 Å². The highest BCUT2D eigenvalue weighted by Gasteiger charge is 2.23. The minimum absolute atomic E-state index is 0.429. The van der Waals surface area contributed by atoms with Crippen LogP contribution in [0.3, 0.4) is 0 Å². The van der Waals surface area contributed by atoms with E-state index in [0.29, 0.717) is 23.4 Å². The van der Waals surface area contributed by atoms with Gasteiger partial charge in [-0.2, -0.15) is 0 Å². The van der Waals surface area contributed by atoms with Crippen molar-refractivity contribution in [1.29, 1.82) is 0 Å². The third kappa shape index (κ3) is 3.84. The van der Waals surface area contributed by atoms with Gasteiger partial charge >= 0.3 is 0 Å². The number of hydrogen-bond acceptors (Lipinski definition) is 5. The van der Waals surface area contributed by atoms with Crippen molar-refractivity contribution < 1.29 is 4.92 Å². The SMILES string of the molecule is CCC1CN/C(=C/[N+](=O)[O-])N(Cc2ccc(Cl)nc2)C1. The van der Waals surface area contributed by atoms with Crippen molar-refractivity contribution >= 4 is 11.6 Å². The normalized spacial score (nSPS) is 20.8. The Morgan fingerprint density at radius 3 is 3.05 bits per heavy atom. The van der Waals surface area contributed by atoms with E-state index >= 15 is 0 Å². The van der Waals surface area contributed by atoms with Gasteiger partial charge in [0.05, 0.1) is 4.92 Å².